The van der Waals surface area contributed by atoms with Crippen molar-refractivity contribution in [2.45, 2.75) is 0 Å². The second kappa shape index (κ2) is 5.19. The fraction of sp³-hybridized carbons (Fsp3) is 0. The number of benzene rings is 2. The van der Waals surface area contributed by atoms with Crippen LogP contribution in [0, 0.1) is 17.1 Å². The molecule has 0 aliphatic carbocycles. The van der Waals surface area contributed by atoms with Gasteiger partial charge in [-0.2, -0.15) is 5.26 Å². The lowest BCUT2D eigenvalue weighted by Crippen LogP contribution is -2.08. The van der Waals surface area contributed by atoms with Gasteiger partial charge in [0, 0.05) is 5.56 Å². The second-order valence-electron chi connectivity index (χ2n) is 3.81. The van der Waals surface area contributed by atoms with Crippen LogP contribution in [0.5, 0.6) is 0 Å². The van der Waals surface area contributed by atoms with Crippen LogP contribution in [0.1, 0.15) is 5.56 Å². The van der Waals surface area contributed by atoms with Gasteiger partial charge in [-0.1, -0.05) is 12.1 Å². The Morgan fingerprint density at radius 3 is 2.74 bits per heavy atom. The number of hydrogen-bond donors (Lipinski definition) is 2. The molecule has 1 amide bonds. The maximum atomic E-state index is 13.3. The molecule has 0 atom stereocenters. The molecule has 0 aromatic heterocycles. The smallest absolute Gasteiger partial charge is 0.409 e. The van der Waals surface area contributed by atoms with Gasteiger partial charge in [0.1, 0.15) is 5.82 Å². The highest BCUT2D eigenvalue weighted by Crippen LogP contribution is 2.29. The van der Waals surface area contributed by atoms with Crippen molar-refractivity contribution in [2.24, 2.45) is 0 Å². The van der Waals surface area contributed by atoms with Crippen LogP contribution < -0.4 is 5.32 Å². The lowest BCUT2D eigenvalue weighted by Gasteiger charge is -2.09. The molecule has 0 aliphatic rings. The molecule has 0 heterocycles. The van der Waals surface area contributed by atoms with Gasteiger partial charge < -0.3 is 5.11 Å². The summed E-state index contributed by atoms with van der Waals surface area (Å²) in [5, 5.41) is 19.8. The third kappa shape index (κ3) is 2.87. The van der Waals surface area contributed by atoms with Gasteiger partial charge in [0.05, 0.1) is 17.3 Å². The van der Waals surface area contributed by atoms with E-state index in [2.05, 4.69) is 5.32 Å². The van der Waals surface area contributed by atoms with Crippen molar-refractivity contribution < 1.29 is 14.3 Å². The number of nitriles is 1. The molecule has 19 heavy (non-hydrogen) atoms. The fourth-order valence-corrected chi connectivity index (χ4v) is 1.74. The molecule has 0 fully saturated rings. The van der Waals surface area contributed by atoms with Crippen molar-refractivity contribution in [1.82, 2.24) is 0 Å². The van der Waals surface area contributed by atoms with Gasteiger partial charge in [0.25, 0.3) is 0 Å². The minimum Gasteiger partial charge on any atom is -0.465 e. The first-order chi connectivity index (χ1) is 9.10. The van der Waals surface area contributed by atoms with Crippen LogP contribution in [0.25, 0.3) is 11.1 Å². The number of rotatable bonds is 2. The minimum absolute atomic E-state index is 0.268. The van der Waals surface area contributed by atoms with E-state index in [1.807, 2.05) is 6.07 Å². The van der Waals surface area contributed by atoms with Crippen LogP contribution in [-0.4, -0.2) is 11.2 Å². The minimum atomic E-state index is -1.23. The van der Waals surface area contributed by atoms with Crippen LogP contribution in [0.2, 0.25) is 0 Å². The van der Waals surface area contributed by atoms with Gasteiger partial charge in [0.15, 0.2) is 0 Å². The molecule has 0 bridgehead atoms. The monoisotopic (exact) mass is 256 g/mol. The predicted octanol–water partition coefficient (Wildman–Crippen LogP) is 3.45. The lowest BCUT2D eigenvalue weighted by molar-refractivity contribution is 0.210. The Morgan fingerprint density at radius 1 is 1.26 bits per heavy atom. The van der Waals surface area contributed by atoms with Crippen molar-refractivity contribution in [1.29, 1.82) is 5.26 Å². The molecule has 0 saturated carbocycles. The van der Waals surface area contributed by atoms with E-state index in [0.29, 0.717) is 16.7 Å². The molecule has 2 N–H and O–H groups in total. The molecule has 0 unspecified atom stereocenters. The topological polar surface area (TPSA) is 73.1 Å². The molecule has 5 heteroatoms. The van der Waals surface area contributed by atoms with E-state index in [-0.39, 0.29) is 5.69 Å². The van der Waals surface area contributed by atoms with E-state index in [1.54, 1.807) is 24.3 Å². The normalized spacial score (nSPS) is 9.68. The Kier molecular flexibility index (Phi) is 3.44. The average Bonchev–Trinajstić information content (AvgIpc) is 2.40. The maximum absolute atomic E-state index is 13.3. The summed E-state index contributed by atoms with van der Waals surface area (Å²) < 4.78 is 13.3. The van der Waals surface area contributed by atoms with Crippen molar-refractivity contribution in [3.05, 3.63) is 53.8 Å². The number of carbonyl (C=O) groups is 1. The van der Waals surface area contributed by atoms with E-state index in [4.69, 9.17) is 10.4 Å². The zero-order valence-electron chi connectivity index (χ0n) is 9.72. The largest absolute Gasteiger partial charge is 0.465 e. The van der Waals surface area contributed by atoms with Gasteiger partial charge in [0.2, 0.25) is 0 Å². The first kappa shape index (κ1) is 12.6. The van der Waals surface area contributed by atoms with Crippen molar-refractivity contribution in [3.63, 3.8) is 0 Å². The lowest BCUT2D eigenvalue weighted by atomic mass is 10.0. The average molecular weight is 256 g/mol. The SMILES string of the molecule is N#Cc1cccc(-c2cc(F)ccc2NC(=O)O)c1. The number of nitrogens with one attached hydrogen (secondary N) is 1. The molecule has 4 nitrogen and oxygen atoms in total. The van der Waals surface area contributed by atoms with Crippen molar-refractivity contribution >= 4 is 11.8 Å². The summed E-state index contributed by atoms with van der Waals surface area (Å²) in [5.74, 6) is -0.478. The summed E-state index contributed by atoms with van der Waals surface area (Å²) in [5.41, 5.74) is 1.65. The van der Waals surface area contributed by atoms with Gasteiger partial charge in [-0.3, -0.25) is 5.32 Å². The highest BCUT2D eigenvalue weighted by Gasteiger charge is 2.09. The zero-order valence-corrected chi connectivity index (χ0v) is 9.72. The quantitative estimate of drug-likeness (QED) is 0.864. The summed E-state index contributed by atoms with van der Waals surface area (Å²) in [6.07, 6.45) is -1.23. The third-order valence-electron chi connectivity index (χ3n) is 2.53. The number of carboxylic acid groups (broad SMARTS) is 1. The number of hydrogen-bond acceptors (Lipinski definition) is 2. The molecular weight excluding hydrogens is 247 g/mol. The van der Waals surface area contributed by atoms with E-state index in [9.17, 15) is 9.18 Å². The summed E-state index contributed by atoms with van der Waals surface area (Å²) in [6, 6.07) is 12.2. The van der Waals surface area contributed by atoms with Crippen LogP contribution in [0.15, 0.2) is 42.5 Å². The Balaban J connectivity index is 2.56. The molecule has 0 saturated heterocycles. The second-order valence-corrected chi connectivity index (χ2v) is 3.81. The van der Waals surface area contributed by atoms with E-state index in [0.717, 1.165) is 0 Å². The van der Waals surface area contributed by atoms with Crippen LogP contribution in [-0.2, 0) is 0 Å². The molecule has 94 valence electrons. The summed E-state index contributed by atoms with van der Waals surface area (Å²) >= 11 is 0. The predicted molar refractivity (Wildman–Crippen MR) is 68.2 cm³/mol. The van der Waals surface area contributed by atoms with Gasteiger partial charge in [-0.25, -0.2) is 9.18 Å². The number of anilines is 1. The molecule has 2 aromatic rings. The molecular formula is C14H9FN2O2. The number of nitrogens with zero attached hydrogens (tertiary/aromatic N) is 1. The Bertz CT molecular complexity index is 677. The Labute approximate surface area is 108 Å². The number of halogens is 1. The van der Waals surface area contributed by atoms with Gasteiger partial charge >= 0.3 is 6.09 Å². The van der Waals surface area contributed by atoms with Crippen molar-refractivity contribution in [3.8, 4) is 17.2 Å². The number of amides is 1. The zero-order chi connectivity index (χ0) is 13.8. The molecule has 0 spiro atoms. The first-order valence-corrected chi connectivity index (χ1v) is 5.40. The maximum Gasteiger partial charge on any atom is 0.409 e. The van der Waals surface area contributed by atoms with Crippen LogP contribution in [0.4, 0.5) is 14.9 Å². The van der Waals surface area contributed by atoms with E-state index < -0.39 is 11.9 Å². The third-order valence-corrected chi connectivity index (χ3v) is 2.53. The van der Waals surface area contributed by atoms with Gasteiger partial charge in [-0.15, -0.1) is 0 Å². The summed E-state index contributed by atoms with van der Waals surface area (Å²) in [7, 11) is 0. The van der Waals surface area contributed by atoms with E-state index >= 15 is 0 Å². The molecule has 2 aromatic carbocycles. The molecule has 0 radical (unpaired) electrons. The summed E-state index contributed by atoms with van der Waals surface area (Å²) in [6.45, 7) is 0. The van der Waals surface area contributed by atoms with E-state index in [1.165, 1.54) is 18.2 Å². The molecule has 2 rings (SSSR count). The Morgan fingerprint density at radius 2 is 2.05 bits per heavy atom. The van der Waals surface area contributed by atoms with Crippen LogP contribution in [0.3, 0.4) is 0 Å². The Hall–Kier alpha value is -2.87. The van der Waals surface area contributed by atoms with Crippen LogP contribution >= 0.6 is 0 Å². The standard InChI is InChI=1S/C14H9FN2O2/c15-11-4-5-13(17-14(18)19)12(7-11)10-3-1-2-9(6-10)8-16/h1-7,17H,(H,18,19). The highest BCUT2D eigenvalue weighted by atomic mass is 19.1. The first-order valence-electron chi connectivity index (χ1n) is 5.40. The fourth-order valence-electron chi connectivity index (χ4n) is 1.74. The summed E-state index contributed by atoms with van der Waals surface area (Å²) in [4.78, 5) is 10.7. The van der Waals surface area contributed by atoms with Gasteiger partial charge in [-0.05, 0) is 35.9 Å². The van der Waals surface area contributed by atoms with Crippen molar-refractivity contribution in [2.75, 3.05) is 5.32 Å². The highest BCUT2D eigenvalue weighted by molar-refractivity contribution is 5.90. The molecule has 0 aliphatic heterocycles.